The van der Waals surface area contributed by atoms with E-state index in [0.717, 1.165) is 0 Å². The number of nitrogens with two attached hydrogens (primary N) is 1. The van der Waals surface area contributed by atoms with Crippen molar-refractivity contribution in [1.29, 1.82) is 0 Å². The zero-order chi connectivity index (χ0) is 15.1. The molecule has 0 aliphatic carbocycles. The first kappa shape index (κ1) is 14.2. The molecule has 0 spiro atoms. The van der Waals surface area contributed by atoms with Crippen LogP contribution in [0.2, 0.25) is 0 Å². The van der Waals surface area contributed by atoms with Gasteiger partial charge in [-0.05, 0) is 20.8 Å². The van der Waals surface area contributed by atoms with Crippen LogP contribution >= 0.6 is 0 Å². The number of imidazole rings is 1. The molecule has 8 heteroatoms. The Hall–Kier alpha value is -1.77. The molecular formula is C13H19N5O3. The van der Waals surface area contributed by atoms with E-state index in [4.69, 9.17) is 15.2 Å². The van der Waals surface area contributed by atoms with Crippen LogP contribution in [-0.2, 0) is 9.47 Å². The van der Waals surface area contributed by atoms with Crippen LogP contribution in [0.4, 0.5) is 5.82 Å². The van der Waals surface area contributed by atoms with Crippen molar-refractivity contribution in [3.8, 4) is 0 Å². The minimum atomic E-state index is -0.714. The molecule has 1 aliphatic rings. The van der Waals surface area contributed by atoms with E-state index in [-0.39, 0.29) is 12.2 Å². The first-order chi connectivity index (χ1) is 9.99. The van der Waals surface area contributed by atoms with E-state index in [2.05, 4.69) is 15.0 Å². The second-order valence-electron chi connectivity index (χ2n) is 5.45. The third-order valence-electron chi connectivity index (χ3n) is 3.54. The highest BCUT2D eigenvalue weighted by atomic mass is 16.6. The number of fused-ring (bicyclic) bond motifs is 1. The second-order valence-corrected chi connectivity index (χ2v) is 5.45. The molecule has 0 amide bonds. The molecule has 1 aliphatic heterocycles. The number of nitrogens with zero attached hydrogens (tertiary/aromatic N) is 4. The van der Waals surface area contributed by atoms with Gasteiger partial charge >= 0.3 is 0 Å². The summed E-state index contributed by atoms with van der Waals surface area (Å²) in [6, 6.07) is 0. The van der Waals surface area contributed by atoms with Gasteiger partial charge in [0, 0.05) is 0 Å². The lowest BCUT2D eigenvalue weighted by Crippen LogP contribution is -2.35. The molecule has 1 fully saturated rings. The summed E-state index contributed by atoms with van der Waals surface area (Å²) in [5.41, 5.74) is 6.86. The summed E-state index contributed by atoms with van der Waals surface area (Å²) in [6.45, 7) is 5.64. The van der Waals surface area contributed by atoms with Gasteiger partial charge in [-0.15, -0.1) is 0 Å². The number of nitrogen functional groups attached to an aromatic ring is 1. The Balaban J connectivity index is 2.02. The first-order valence-electron chi connectivity index (χ1n) is 6.91. The Morgan fingerprint density at radius 2 is 2.14 bits per heavy atom. The summed E-state index contributed by atoms with van der Waals surface area (Å²) in [4.78, 5) is 12.3. The molecule has 0 unspecified atom stereocenters. The predicted octanol–water partition coefficient (Wildman–Crippen LogP) is 0.480. The highest BCUT2D eigenvalue weighted by Crippen LogP contribution is 2.34. The van der Waals surface area contributed by atoms with E-state index >= 15 is 0 Å². The number of hydrogen-bond donors (Lipinski definition) is 2. The standard InChI is InChI=1S/C13H19N5O3/c1-6(2)20-10-9(19)7(3)21-13(10)18-5-17-8-11(14)15-4-16-12(8)18/h4-7,9-10,13,19H,1-3H3,(H2,14,15,16)/t7-,9-,10-,13-/m1/s1. The topological polar surface area (TPSA) is 108 Å². The molecule has 21 heavy (non-hydrogen) atoms. The van der Waals surface area contributed by atoms with Gasteiger partial charge in [-0.25, -0.2) is 15.0 Å². The van der Waals surface area contributed by atoms with Crippen LogP contribution in [-0.4, -0.2) is 49.0 Å². The molecule has 3 rings (SSSR count). The molecule has 4 atom stereocenters. The van der Waals surface area contributed by atoms with Crippen LogP contribution < -0.4 is 5.73 Å². The Kier molecular flexibility index (Phi) is 3.52. The number of aliphatic hydroxyl groups excluding tert-OH is 1. The van der Waals surface area contributed by atoms with E-state index in [1.807, 2.05) is 20.8 Å². The maximum Gasteiger partial charge on any atom is 0.167 e. The van der Waals surface area contributed by atoms with Crippen LogP contribution in [0.15, 0.2) is 12.7 Å². The van der Waals surface area contributed by atoms with Gasteiger partial charge in [0.2, 0.25) is 0 Å². The third kappa shape index (κ3) is 2.35. The van der Waals surface area contributed by atoms with E-state index in [9.17, 15) is 5.11 Å². The van der Waals surface area contributed by atoms with Gasteiger partial charge in [-0.3, -0.25) is 4.57 Å². The largest absolute Gasteiger partial charge is 0.388 e. The van der Waals surface area contributed by atoms with Crippen LogP contribution in [0, 0.1) is 0 Å². The molecule has 0 saturated carbocycles. The van der Waals surface area contributed by atoms with Gasteiger partial charge in [0.1, 0.15) is 24.1 Å². The number of hydrogen-bond acceptors (Lipinski definition) is 7. The Bertz CT molecular complexity index is 644. The Morgan fingerprint density at radius 3 is 2.86 bits per heavy atom. The normalized spacial score (nSPS) is 29.6. The fourth-order valence-electron chi connectivity index (χ4n) is 2.56. The van der Waals surface area contributed by atoms with Gasteiger partial charge in [-0.1, -0.05) is 0 Å². The predicted molar refractivity (Wildman–Crippen MR) is 75.3 cm³/mol. The molecule has 0 bridgehead atoms. The number of aliphatic hydroxyl groups is 1. The van der Waals surface area contributed by atoms with Crippen LogP contribution in [0.1, 0.15) is 27.0 Å². The summed E-state index contributed by atoms with van der Waals surface area (Å²) < 4.78 is 13.4. The SMILES string of the molecule is CC(C)O[C@@H]1[C@H](O)[C@@H](C)O[C@H]1n1cnc2c(N)ncnc21. The fraction of sp³-hybridized carbons (Fsp3) is 0.615. The van der Waals surface area contributed by atoms with Gasteiger partial charge in [0.05, 0.1) is 18.5 Å². The van der Waals surface area contributed by atoms with E-state index in [0.29, 0.717) is 17.0 Å². The summed E-state index contributed by atoms with van der Waals surface area (Å²) >= 11 is 0. The number of rotatable bonds is 3. The van der Waals surface area contributed by atoms with Gasteiger partial charge < -0.3 is 20.3 Å². The molecule has 1 saturated heterocycles. The monoisotopic (exact) mass is 293 g/mol. The maximum absolute atomic E-state index is 10.3. The van der Waals surface area contributed by atoms with Gasteiger partial charge in [0.25, 0.3) is 0 Å². The number of anilines is 1. The van der Waals surface area contributed by atoms with E-state index in [1.54, 1.807) is 10.9 Å². The molecule has 8 nitrogen and oxygen atoms in total. The van der Waals surface area contributed by atoms with E-state index < -0.39 is 18.4 Å². The highest BCUT2D eigenvalue weighted by Gasteiger charge is 2.44. The molecule has 2 aromatic heterocycles. The maximum atomic E-state index is 10.3. The van der Waals surface area contributed by atoms with Crippen molar-refractivity contribution in [3.63, 3.8) is 0 Å². The lowest BCUT2D eigenvalue weighted by molar-refractivity contribution is -0.0885. The summed E-state index contributed by atoms with van der Waals surface area (Å²) in [7, 11) is 0. The second kappa shape index (κ2) is 5.21. The van der Waals surface area contributed by atoms with Gasteiger partial charge in [-0.2, -0.15) is 0 Å². The van der Waals surface area contributed by atoms with Crippen LogP contribution in [0.3, 0.4) is 0 Å². The average Bonchev–Trinajstić information content (AvgIpc) is 2.96. The first-order valence-corrected chi connectivity index (χ1v) is 6.91. The molecule has 0 radical (unpaired) electrons. The molecule has 114 valence electrons. The van der Waals surface area contributed by atoms with Crippen molar-refractivity contribution in [3.05, 3.63) is 12.7 Å². The van der Waals surface area contributed by atoms with E-state index in [1.165, 1.54) is 6.33 Å². The van der Waals surface area contributed by atoms with Crippen molar-refractivity contribution >= 4 is 17.0 Å². The van der Waals surface area contributed by atoms with Crippen molar-refractivity contribution in [2.75, 3.05) is 5.73 Å². The smallest absolute Gasteiger partial charge is 0.167 e. The van der Waals surface area contributed by atoms with Crippen LogP contribution in [0.5, 0.6) is 0 Å². The molecule has 0 aromatic carbocycles. The highest BCUT2D eigenvalue weighted by molar-refractivity contribution is 5.81. The van der Waals surface area contributed by atoms with Crippen LogP contribution in [0.25, 0.3) is 11.2 Å². The molecule has 3 heterocycles. The zero-order valence-corrected chi connectivity index (χ0v) is 12.2. The summed E-state index contributed by atoms with van der Waals surface area (Å²) in [5, 5.41) is 10.3. The Labute approximate surface area is 121 Å². The zero-order valence-electron chi connectivity index (χ0n) is 12.2. The number of ether oxygens (including phenoxy) is 2. The summed E-state index contributed by atoms with van der Waals surface area (Å²) in [5.74, 6) is 0.312. The molecular weight excluding hydrogens is 274 g/mol. The summed E-state index contributed by atoms with van der Waals surface area (Å²) in [6.07, 6.45) is 0.885. The van der Waals surface area contributed by atoms with Crippen molar-refractivity contribution in [1.82, 2.24) is 19.5 Å². The minimum Gasteiger partial charge on any atom is -0.388 e. The fourth-order valence-corrected chi connectivity index (χ4v) is 2.56. The molecule has 2 aromatic rings. The Morgan fingerprint density at radius 1 is 1.38 bits per heavy atom. The molecule has 3 N–H and O–H groups in total. The average molecular weight is 293 g/mol. The lowest BCUT2D eigenvalue weighted by Gasteiger charge is -2.24. The lowest BCUT2D eigenvalue weighted by atomic mass is 10.1. The van der Waals surface area contributed by atoms with Crippen molar-refractivity contribution < 1.29 is 14.6 Å². The van der Waals surface area contributed by atoms with Crippen molar-refractivity contribution in [2.24, 2.45) is 0 Å². The van der Waals surface area contributed by atoms with Gasteiger partial charge in [0.15, 0.2) is 17.7 Å². The quantitative estimate of drug-likeness (QED) is 0.847. The minimum absolute atomic E-state index is 0.0319. The number of aromatic nitrogens is 4. The third-order valence-corrected chi connectivity index (χ3v) is 3.54. The van der Waals surface area contributed by atoms with Crippen molar-refractivity contribution in [2.45, 2.75) is 51.4 Å².